The van der Waals surface area contributed by atoms with Crippen LogP contribution in [0.2, 0.25) is 5.02 Å². The number of benzene rings is 1. The quantitative estimate of drug-likeness (QED) is 0.753. The smallest absolute Gasteiger partial charge is 0.309 e. The molecule has 2 rings (SSSR count). The highest BCUT2D eigenvalue weighted by molar-refractivity contribution is 6.30. The highest BCUT2D eigenvalue weighted by atomic mass is 35.5. The van der Waals surface area contributed by atoms with Crippen LogP contribution in [0.25, 0.3) is 0 Å². The summed E-state index contributed by atoms with van der Waals surface area (Å²) in [5.74, 6) is 0.0664. The first-order valence-electron chi connectivity index (χ1n) is 5.67. The highest BCUT2D eigenvalue weighted by Gasteiger charge is 2.23. The molecule has 0 heterocycles. The number of hydrogen-bond donors (Lipinski definition) is 0. The van der Waals surface area contributed by atoms with E-state index in [1.165, 1.54) is 0 Å². The lowest BCUT2D eigenvalue weighted by Gasteiger charge is -2.09. The molecule has 1 aliphatic rings. The van der Waals surface area contributed by atoms with Gasteiger partial charge in [0.15, 0.2) is 0 Å². The lowest BCUT2D eigenvalue weighted by molar-refractivity contribution is -0.149. The lowest BCUT2D eigenvalue weighted by atomic mass is 10.1. The van der Waals surface area contributed by atoms with Crippen molar-refractivity contribution in [1.29, 1.82) is 0 Å². The summed E-state index contributed by atoms with van der Waals surface area (Å²) < 4.78 is 5.27. The molecule has 1 saturated carbocycles. The van der Waals surface area contributed by atoms with Crippen LogP contribution in [0.5, 0.6) is 0 Å². The van der Waals surface area contributed by atoms with E-state index < -0.39 is 0 Å². The van der Waals surface area contributed by atoms with E-state index in [0.29, 0.717) is 11.6 Å². The molecule has 0 amide bonds. The molecular weight excluding hydrogens is 224 g/mol. The number of hydrogen-bond acceptors (Lipinski definition) is 2. The molecule has 0 radical (unpaired) electrons. The predicted octanol–water partition coefficient (Wildman–Crippen LogP) is 3.57. The molecule has 1 fully saturated rings. The highest BCUT2D eigenvalue weighted by Crippen LogP contribution is 2.26. The minimum Gasteiger partial charge on any atom is -0.461 e. The molecule has 16 heavy (non-hydrogen) atoms. The molecule has 0 aliphatic heterocycles. The zero-order valence-corrected chi connectivity index (χ0v) is 9.87. The van der Waals surface area contributed by atoms with Gasteiger partial charge < -0.3 is 4.74 Å². The Morgan fingerprint density at radius 1 is 1.38 bits per heavy atom. The Morgan fingerprint density at radius 3 is 2.81 bits per heavy atom. The molecule has 86 valence electrons. The van der Waals surface area contributed by atoms with Gasteiger partial charge in [0.25, 0.3) is 0 Å². The van der Waals surface area contributed by atoms with E-state index in [4.69, 9.17) is 16.3 Å². The van der Waals surface area contributed by atoms with Gasteiger partial charge in [0.2, 0.25) is 0 Å². The fourth-order valence-electron chi connectivity index (χ4n) is 2.06. The molecule has 0 bridgehead atoms. The summed E-state index contributed by atoms with van der Waals surface area (Å²) in [7, 11) is 0. The number of carbonyl (C=O) groups is 1. The summed E-state index contributed by atoms with van der Waals surface area (Å²) in [6.45, 7) is 0.329. The van der Waals surface area contributed by atoms with Gasteiger partial charge in [-0.2, -0.15) is 0 Å². The molecule has 0 unspecified atom stereocenters. The third-order valence-corrected chi connectivity index (χ3v) is 3.19. The fraction of sp³-hybridized carbons (Fsp3) is 0.462. The topological polar surface area (TPSA) is 26.3 Å². The zero-order valence-electron chi connectivity index (χ0n) is 9.12. The Hall–Kier alpha value is -1.02. The van der Waals surface area contributed by atoms with E-state index in [1.807, 2.05) is 24.3 Å². The van der Waals surface area contributed by atoms with Gasteiger partial charge >= 0.3 is 5.97 Å². The molecule has 0 aromatic heterocycles. The van der Waals surface area contributed by atoms with Crippen LogP contribution in [0.4, 0.5) is 0 Å². The van der Waals surface area contributed by atoms with Crippen molar-refractivity contribution in [1.82, 2.24) is 0 Å². The van der Waals surface area contributed by atoms with Crippen molar-refractivity contribution in [2.45, 2.75) is 32.3 Å². The zero-order chi connectivity index (χ0) is 11.4. The molecule has 0 N–H and O–H groups in total. The molecule has 0 spiro atoms. The molecule has 0 saturated heterocycles. The summed E-state index contributed by atoms with van der Waals surface area (Å²) >= 11 is 5.85. The van der Waals surface area contributed by atoms with Crippen molar-refractivity contribution in [3.05, 3.63) is 34.9 Å². The van der Waals surface area contributed by atoms with Gasteiger partial charge in [0.1, 0.15) is 6.61 Å². The predicted molar refractivity (Wildman–Crippen MR) is 63.2 cm³/mol. The first-order valence-corrected chi connectivity index (χ1v) is 6.04. The molecule has 1 aliphatic carbocycles. The monoisotopic (exact) mass is 238 g/mol. The first kappa shape index (κ1) is 11.5. The van der Waals surface area contributed by atoms with Crippen LogP contribution in [0, 0.1) is 5.92 Å². The van der Waals surface area contributed by atoms with Crippen LogP contribution in [-0.4, -0.2) is 5.97 Å². The average molecular weight is 239 g/mol. The van der Waals surface area contributed by atoms with Crippen LogP contribution in [0.3, 0.4) is 0 Å². The standard InChI is InChI=1S/C13H15ClO2/c14-12-7-3-4-10(8-12)9-16-13(15)11-5-1-2-6-11/h3-4,7-8,11H,1-2,5-6,9H2. The summed E-state index contributed by atoms with van der Waals surface area (Å²) in [5.41, 5.74) is 0.943. The van der Waals surface area contributed by atoms with Crippen LogP contribution >= 0.6 is 11.6 Å². The minimum absolute atomic E-state index is 0.0579. The second-order valence-electron chi connectivity index (χ2n) is 4.22. The van der Waals surface area contributed by atoms with E-state index >= 15 is 0 Å². The molecule has 3 heteroatoms. The van der Waals surface area contributed by atoms with Gasteiger partial charge in [-0.1, -0.05) is 36.6 Å². The second-order valence-corrected chi connectivity index (χ2v) is 4.66. The number of rotatable bonds is 3. The number of carbonyl (C=O) groups excluding carboxylic acids is 1. The van der Waals surface area contributed by atoms with E-state index in [1.54, 1.807) is 0 Å². The van der Waals surface area contributed by atoms with Crippen molar-refractivity contribution in [2.24, 2.45) is 5.92 Å². The maximum atomic E-state index is 11.6. The van der Waals surface area contributed by atoms with Gasteiger partial charge in [-0.3, -0.25) is 4.79 Å². The Labute approximate surface area is 101 Å². The number of halogens is 1. The first-order chi connectivity index (χ1) is 7.75. The maximum absolute atomic E-state index is 11.6. The molecule has 2 nitrogen and oxygen atoms in total. The number of ether oxygens (including phenoxy) is 1. The van der Waals surface area contributed by atoms with Crippen molar-refractivity contribution in [3.63, 3.8) is 0 Å². The van der Waals surface area contributed by atoms with Crippen LogP contribution < -0.4 is 0 Å². The maximum Gasteiger partial charge on any atom is 0.309 e. The van der Waals surface area contributed by atoms with Gasteiger partial charge in [0, 0.05) is 5.02 Å². The van der Waals surface area contributed by atoms with Crippen molar-refractivity contribution < 1.29 is 9.53 Å². The van der Waals surface area contributed by atoms with Gasteiger partial charge in [-0.25, -0.2) is 0 Å². The lowest BCUT2D eigenvalue weighted by Crippen LogP contribution is -2.14. The molecule has 1 aromatic rings. The van der Waals surface area contributed by atoms with Gasteiger partial charge in [-0.05, 0) is 30.5 Å². The third kappa shape index (κ3) is 2.99. The minimum atomic E-state index is -0.0579. The Balaban J connectivity index is 1.84. The fourth-order valence-corrected chi connectivity index (χ4v) is 2.27. The largest absolute Gasteiger partial charge is 0.461 e. The molecule has 0 atom stereocenters. The van der Waals surface area contributed by atoms with E-state index in [9.17, 15) is 4.79 Å². The summed E-state index contributed by atoms with van der Waals surface area (Å²) in [6.07, 6.45) is 4.26. The Kier molecular flexibility index (Phi) is 3.83. The average Bonchev–Trinajstić information content (AvgIpc) is 2.79. The van der Waals surface area contributed by atoms with Crippen LogP contribution in [-0.2, 0) is 16.1 Å². The van der Waals surface area contributed by atoms with Crippen molar-refractivity contribution in [2.75, 3.05) is 0 Å². The van der Waals surface area contributed by atoms with Crippen molar-refractivity contribution in [3.8, 4) is 0 Å². The van der Waals surface area contributed by atoms with Crippen molar-refractivity contribution >= 4 is 17.6 Å². The third-order valence-electron chi connectivity index (χ3n) is 2.96. The Morgan fingerprint density at radius 2 is 2.12 bits per heavy atom. The van der Waals surface area contributed by atoms with Crippen LogP contribution in [0.15, 0.2) is 24.3 Å². The number of esters is 1. The van der Waals surface area contributed by atoms with Gasteiger partial charge in [0.05, 0.1) is 5.92 Å². The summed E-state index contributed by atoms with van der Waals surface area (Å²) in [6, 6.07) is 7.40. The molecular formula is C13H15ClO2. The van der Waals surface area contributed by atoms with Gasteiger partial charge in [-0.15, -0.1) is 0 Å². The SMILES string of the molecule is O=C(OCc1cccc(Cl)c1)C1CCCC1. The van der Waals surface area contributed by atoms with E-state index in [-0.39, 0.29) is 11.9 Å². The molecule has 1 aromatic carbocycles. The van der Waals surface area contributed by atoms with Crippen LogP contribution in [0.1, 0.15) is 31.2 Å². The van der Waals surface area contributed by atoms with E-state index in [2.05, 4.69) is 0 Å². The summed E-state index contributed by atoms with van der Waals surface area (Å²) in [4.78, 5) is 11.6. The normalized spacial score (nSPS) is 16.3. The summed E-state index contributed by atoms with van der Waals surface area (Å²) in [5, 5.41) is 0.675. The second kappa shape index (κ2) is 5.35. The van der Waals surface area contributed by atoms with E-state index in [0.717, 1.165) is 31.2 Å². The Bertz CT molecular complexity index is 370.